The Hall–Kier alpha value is 0.140. The van der Waals surface area contributed by atoms with Crippen LogP contribution in [0.15, 0.2) is 10.5 Å². The molecule has 1 N–H and O–H groups in total. The summed E-state index contributed by atoms with van der Waals surface area (Å²) in [5.41, 5.74) is 0.245. The maximum Gasteiger partial charge on any atom is 0.0473 e. The smallest absolute Gasteiger partial charge is 0.0473 e. The Bertz CT molecular complexity index is 312. The van der Waals surface area contributed by atoms with Gasteiger partial charge in [-0.1, -0.05) is 20.8 Å². The van der Waals surface area contributed by atoms with Gasteiger partial charge in [0.15, 0.2) is 0 Å². The number of aryl methyl sites for hydroxylation is 1. The summed E-state index contributed by atoms with van der Waals surface area (Å²) >= 11 is 5.49. The van der Waals surface area contributed by atoms with Gasteiger partial charge in [0.25, 0.3) is 0 Å². The predicted molar refractivity (Wildman–Crippen MR) is 68.0 cm³/mol. The van der Waals surface area contributed by atoms with E-state index < -0.39 is 0 Å². The van der Waals surface area contributed by atoms with Crippen LogP contribution in [0.3, 0.4) is 0 Å². The minimum Gasteiger partial charge on any atom is -0.312 e. The molecule has 0 fully saturated rings. The minimum absolute atomic E-state index is 0.245. The highest BCUT2D eigenvalue weighted by atomic mass is 79.9. The number of nitrogens with one attached hydrogen (secondary N) is 1. The Labute approximate surface area is 99.0 Å². The van der Waals surface area contributed by atoms with Crippen LogP contribution in [0.2, 0.25) is 0 Å². The first-order chi connectivity index (χ1) is 6.36. The van der Waals surface area contributed by atoms with E-state index in [2.05, 4.69) is 55.0 Å². The largest absolute Gasteiger partial charge is 0.312 e. The molecule has 0 radical (unpaired) electrons. The van der Waals surface area contributed by atoms with Gasteiger partial charge in [-0.3, -0.25) is 0 Å². The number of hydrogen-bond donors (Lipinski definition) is 1. The molecule has 0 spiro atoms. The van der Waals surface area contributed by atoms with Crippen LogP contribution in [0.4, 0.5) is 0 Å². The van der Waals surface area contributed by atoms with Gasteiger partial charge in [0, 0.05) is 20.3 Å². The molecule has 1 aromatic rings. The van der Waals surface area contributed by atoms with E-state index >= 15 is 0 Å². The molecule has 0 aliphatic carbocycles. The van der Waals surface area contributed by atoms with Crippen LogP contribution >= 0.6 is 27.3 Å². The highest BCUT2D eigenvalue weighted by Gasteiger charge is 2.27. The van der Waals surface area contributed by atoms with Crippen molar-refractivity contribution in [1.82, 2.24) is 5.32 Å². The summed E-state index contributed by atoms with van der Waals surface area (Å²) in [4.78, 5) is 2.76. The molecule has 80 valence electrons. The van der Waals surface area contributed by atoms with Crippen molar-refractivity contribution < 1.29 is 0 Å². The second kappa shape index (κ2) is 4.33. The van der Waals surface area contributed by atoms with E-state index in [0.717, 1.165) is 0 Å². The van der Waals surface area contributed by atoms with Crippen molar-refractivity contribution >= 4 is 27.3 Å². The lowest BCUT2D eigenvalue weighted by molar-refractivity contribution is 0.290. The zero-order valence-corrected chi connectivity index (χ0v) is 11.8. The number of halogens is 1. The third-order valence-electron chi connectivity index (χ3n) is 2.25. The second-order valence-corrected chi connectivity index (χ2v) is 6.80. The highest BCUT2D eigenvalue weighted by Crippen LogP contribution is 2.40. The number of rotatable bonds is 2. The molecule has 1 heterocycles. The fraction of sp³-hybridized carbons (Fsp3) is 0.636. The van der Waals surface area contributed by atoms with Crippen LogP contribution in [0, 0.1) is 12.3 Å². The minimum atomic E-state index is 0.245. The SMILES string of the molecule is CNC(c1sc(C)cc1Br)C(C)(C)C. The fourth-order valence-corrected chi connectivity index (χ4v) is 3.89. The van der Waals surface area contributed by atoms with Crippen LogP contribution in [0.25, 0.3) is 0 Å². The van der Waals surface area contributed by atoms with Gasteiger partial charge in [-0.2, -0.15) is 0 Å². The van der Waals surface area contributed by atoms with E-state index in [4.69, 9.17) is 0 Å². The Morgan fingerprint density at radius 1 is 1.43 bits per heavy atom. The van der Waals surface area contributed by atoms with Crippen LogP contribution in [-0.2, 0) is 0 Å². The molecule has 1 unspecified atom stereocenters. The second-order valence-electron chi connectivity index (χ2n) is 4.66. The maximum atomic E-state index is 3.62. The first-order valence-electron chi connectivity index (χ1n) is 4.79. The van der Waals surface area contributed by atoms with Crippen molar-refractivity contribution in [3.63, 3.8) is 0 Å². The molecule has 1 rings (SSSR count). The van der Waals surface area contributed by atoms with Crippen molar-refractivity contribution in [2.75, 3.05) is 7.05 Å². The maximum absolute atomic E-state index is 3.62. The lowest BCUT2D eigenvalue weighted by Gasteiger charge is -2.30. The third kappa shape index (κ3) is 2.59. The Morgan fingerprint density at radius 2 is 2.00 bits per heavy atom. The molecule has 1 atom stereocenters. The first kappa shape index (κ1) is 12.2. The van der Waals surface area contributed by atoms with Crippen molar-refractivity contribution in [2.45, 2.75) is 33.7 Å². The zero-order valence-electron chi connectivity index (χ0n) is 9.44. The van der Waals surface area contributed by atoms with Gasteiger partial charge >= 0.3 is 0 Å². The molecule has 0 aliphatic rings. The molecule has 14 heavy (non-hydrogen) atoms. The van der Waals surface area contributed by atoms with E-state index in [1.54, 1.807) is 0 Å². The number of hydrogen-bond acceptors (Lipinski definition) is 2. The first-order valence-corrected chi connectivity index (χ1v) is 6.40. The quantitative estimate of drug-likeness (QED) is 0.856. The van der Waals surface area contributed by atoms with E-state index in [1.165, 1.54) is 14.2 Å². The Morgan fingerprint density at radius 3 is 2.29 bits per heavy atom. The summed E-state index contributed by atoms with van der Waals surface area (Å²) in [6.07, 6.45) is 0. The molecule has 1 aromatic heterocycles. The predicted octanol–water partition coefficient (Wildman–Crippen LogP) is 4.13. The lowest BCUT2D eigenvalue weighted by atomic mass is 9.86. The van der Waals surface area contributed by atoms with Gasteiger partial charge in [-0.15, -0.1) is 11.3 Å². The molecule has 0 saturated carbocycles. The van der Waals surface area contributed by atoms with E-state index in [0.29, 0.717) is 6.04 Å². The molecule has 1 nitrogen and oxygen atoms in total. The van der Waals surface area contributed by atoms with E-state index in [9.17, 15) is 0 Å². The topological polar surface area (TPSA) is 12.0 Å². The highest BCUT2D eigenvalue weighted by molar-refractivity contribution is 9.10. The van der Waals surface area contributed by atoms with Crippen molar-refractivity contribution in [3.05, 3.63) is 20.3 Å². The van der Waals surface area contributed by atoms with Gasteiger partial charge in [0.2, 0.25) is 0 Å². The Kier molecular flexibility index (Phi) is 3.78. The van der Waals surface area contributed by atoms with E-state index in [1.807, 2.05) is 18.4 Å². The lowest BCUT2D eigenvalue weighted by Crippen LogP contribution is -2.29. The summed E-state index contributed by atoms with van der Waals surface area (Å²) in [7, 11) is 2.03. The van der Waals surface area contributed by atoms with Crippen LogP contribution < -0.4 is 5.32 Å². The van der Waals surface area contributed by atoms with Gasteiger partial charge in [0.05, 0.1) is 0 Å². The standard InChI is InChI=1S/C11H18BrNS/c1-7-6-8(12)9(14-7)10(13-5)11(2,3)4/h6,10,13H,1-5H3. The summed E-state index contributed by atoms with van der Waals surface area (Å²) in [6, 6.07) is 2.60. The summed E-state index contributed by atoms with van der Waals surface area (Å²) in [6.45, 7) is 8.93. The molecule has 0 aromatic carbocycles. The number of thiophene rings is 1. The van der Waals surface area contributed by atoms with Crippen molar-refractivity contribution in [2.24, 2.45) is 5.41 Å². The summed E-state index contributed by atoms with van der Waals surface area (Å²) in [5, 5.41) is 3.39. The Balaban J connectivity index is 3.07. The average molecular weight is 276 g/mol. The van der Waals surface area contributed by atoms with Gasteiger partial charge in [-0.05, 0) is 41.4 Å². The van der Waals surface area contributed by atoms with Crippen molar-refractivity contribution in [1.29, 1.82) is 0 Å². The average Bonchev–Trinajstić information content (AvgIpc) is 2.29. The van der Waals surface area contributed by atoms with Gasteiger partial charge in [0.1, 0.15) is 0 Å². The molecule has 0 aliphatic heterocycles. The van der Waals surface area contributed by atoms with Crippen LogP contribution in [0.1, 0.15) is 36.6 Å². The fourth-order valence-electron chi connectivity index (χ4n) is 1.66. The summed E-state index contributed by atoms with van der Waals surface area (Å²) < 4.78 is 1.23. The monoisotopic (exact) mass is 275 g/mol. The van der Waals surface area contributed by atoms with E-state index in [-0.39, 0.29) is 5.41 Å². The third-order valence-corrected chi connectivity index (χ3v) is 4.29. The van der Waals surface area contributed by atoms with Gasteiger partial charge < -0.3 is 5.32 Å². The molecular weight excluding hydrogens is 258 g/mol. The van der Waals surface area contributed by atoms with Crippen LogP contribution in [0.5, 0.6) is 0 Å². The molecular formula is C11H18BrNS. The summed E-state index contributed by atoms with van der Waals surface area (Å²) in [5.74, 6) is 0. The molecule has 3 heteroatoms. The van der Waals surface area contributed by atoms with Gasteiger partial charge in [-0.25, -0.2) is 0 Å². The normalized spacial score (nSPS) is 14.4. The molecule has 0 bridgehead atoms. The zero-order chi connectivity index (χ0) is 10.9. The molecule has 0 amide bonds. The van der Waals surface area contributed by atoms with Crippen LogP contribution in [-0.4, -0.2) is 7.05 Å². The molecule has 0 saturated heterocycles. The van der Waals surface area contributed by atoms with Crippen molar-refractivity contribution in [3.8, 4) is 0 Å².